The van der Waals surface area contributed by atoms with E-state index in [0.717, 1.165) is 0 Å². The summed E-state index contributed by atoms with van der Waals surface area (Å²) in [6.45, 7) is 3.64. The van der Waals surface area contributed by atoms with Crippen molar-refractivity contribution in [2.24, 2.45) is 0 Å². The van der Waals surface area contributed by atoms with Gasteiger partial charge < -0.3 is 10.3 Å². The molecule has 0 aliphatic carbocycles. The van der Waals surface area contributed by atoms with Gasteiger partial charge in [-0.1, -0.05) is 0 Å². The van der Waals surface area contributed by atoms with E-state index in [4.69, 9.17) is 0 Å². The summed E-state index contributed by atoms with van der Waals surface area (Å²) in [7, 11) is -2.04. The molecular weight excluding hydrogens is 356 g/mol. The molecule has 140 valence electrons. The van der Waals surface area contributed by atoms with Crippen LogP contribution in [0.4, 0.5) is 0 Å². The molecule has 1 aliphatic rings. The van der Waals surface area contributed by atoms with E-state index in [1.807, 2.05) is 4.90 Å². The van der Waals surface area contributed by atoms with E-state index in [1.54, 1.807) is 32.2 Å². The number of likely N-dealkylation sites (N-methyl/N-ethyl adjacent to an activating group) is 1. The van der Waals surface area contributed by atoms with Gasteiger partial charge in [0, 0.05) is 44.3 Å². The Morgan fingerprint density at radius 2 is 1.88 bits per heavy atom. The van der Waals surface area contributed by atoms with Gasteiger partial charge in [0.05, 0.1) is 11.4 Å². The van der Waals surface area contributed by atoms with Gasteiger partial charge in [0.25, 0.3) is 5.56 Å². The van der Waals surface area contributed by atoms with Crippen molar-refractivity contribution in [1.29, 1.82) is 0 Å². The van der Waals surface area contributed by atoms with Crippen molar-refractivity contribution < 1.29 is 13.2 Å². The standard InChI is InChI=1S/C17H22N4O4S/c1-12-9-13-10-14(3-4-15(13)19-17(12)23)26(24,25)21-7-5-20(6-8-21)11-16(22)18-2/h3-4,9-10H,5-8,11H2,1-2H3,(H,18,22)(H,19,23). The molecule has 0 saturated carbocycles. The van der Waals surface area contributed by atoms with Crippen LogP contribution < -0.4 is 10.9 Å². The van der Waals surface area contributed by atoms with Gasteiger partial charge in [0.2, 0.25) is 15.9 Å². The molecule has 0 unspecified atom stereocenters. The lowest BCUT2D eigenvalue weighted by Crippen LogP contribution is -2.50. The van der Waals surface area contributed by atoms with E-state index in [-0.39, 0.29) is 22.9 Å². The van der Waals surface area contributed by atoms with Crippen molar-refractivity contribution in [3.05, 3.63) is 40.2 Å². The number of aromatic amines is 1. The highest BCUT2D eigenvalue weighted by molar-refractivity contribution is 7.89. The van der Waals surface area contributed by atoms with Crippen LogP contribution in [0.1, 0.15) is 5.56 Å². The van der Waals surface area contributed by atoms with Crippen molar-refractivity contribution in [1.82, 2.24) is 19.5 Å². The number of H-pyrrole nitrogens is 1. The number of amides is 1. The lowest BCUT2D eigenvalue weighted by atomic mass is 10.2. The fourth-order valence-corrected chi connectivity index (χ4v) is 4.47. The number of sulfonamides is 1. The summed E-state index contributed by atoms with van der Waals surface area (Å²) in [5, 5.41) is 3.25. The van der Waals surface area contributed by atoms with E-state index in [1.165, 1.54) is 10.4 Å². The third-order valence-electron chi connectivity index (χ3n) is 4.62. The number of fused-ring (bicyclic) bond motifs is 1. The van der Waals surface area contributed by atoms with Crippen LogP contribution in [0.5, 0.6) is 0 Å². The zero-order chi connectivity index (χ0) is 18.9. The number of nitrogens with zero attached hydrogens (tertiary/aromatic N) is 2. The quantitative estimate of drug-likeness (QED) is 0.773. The molecule has 0 radical (unpaired) electrons. The Bertz CT molecular complexity index is 991. The highest BCUT2D eigenvalue weighted by Gasteiger charge is 2.29. The van der Waals surface area contributed by atoms with Gasteiger partial charge in [-0.15, -0.1) is 0 Å². The molecule has 1 aromatic heterocycles. The highest BCUT2D eigenvalue weighted by atomic mass is 32.2. The minimum atomic E-state index is -3.62. The molecule has 1 aromatic carbocycles. The first-order chi connectivity index (χ1) is 12.3. The fourth-order valence-electron chi connectivity index (χ4n) is 3.01. The molecule has 1 fully saturated rings. The van der Waals surface area contributed by atoms with E-state index in [9.17, 15) is 18.0 Å². The van der Waals surface area contributed by atoms with Crippen LogP contribution in [-0.2, 0) is 14.8 Å². The molecule has 1 aliphatic heterocycles. The predicted octanol–water partition coefficient (Wildman–Crippen LogP) is -0.111. The highest BCUT2D eigenvalue weighted by Crippen LogP contribution is 2.22. The number of rotatable bonds is 4. The zero-order valence-electron chi connectivity index (χ0n) is 14.8. The third-order valence-corrected chi connectivity index (χ3v) is 6.51. The predicted molar refractivity (Wildman–Crippen MR) is 98.6 cm³/mol. The van der Waals surface area contributed by atoms with Gasteiger partial charge in [0.15, 0.2) is 0 Å². The number of pyridine rings is 1. The maximum atomic E-state index is 12.9. The van der Waals surface area contributed by atoms with Crippen molar-refractivity contribution in [3.63, 3.8) is 0 Å². The summed E-state index contributed by atoms with van der Waals surface area (Å²) in [6.07, 6.45) is 0. The minimum Gasteiger partial charge on any atom is -0.358 e. The number of benzene rings is 1. The van der Waals surface area contributed by atoms with Crippen LogP contribution in [0.3, 0.4) is 0 Å². The average Bonchev–Trinajstić information content (AvgIpc) is 2.62. The molecule has 2 N–H and O–H groups in total. The van der Waals surface area contributed by atoms with Gasteiger partial charge in [0.1, 0.15) is 0 Å². The second-order valence-corrected chi connectivity index (χ2v) is 8.32. The summed E-state index contributed by atoms with van der Waals surface area (Å²) < 4.78 is 27.3. The topological polar surface area (TPSA) is 103 Å². The Morgan fingerprint density at radius 1 is 1.19 bits per heavy atom. The lowest BCUT2D eigenvalue weighted by molar-refractivity contribution is -0.122. The molecule has 0 bridgehead atoms. The average molecular weight is 378 g/mol. The van der Waals surface area contributed by atoms with Gasteiger partial charge in [-0.05, 0) is 36.6 Å². The number of carbonyl (C=O) groups excluding carboxylic acids is 1. The van der Waals surface area contributed by atoms with Gasteiger partial charge in [-0.3, -0.25) is 14.5 Å². The zero-order valence-corrected chi connectivity index (χ0v) is 15.6. The van der Waals surface area contributed by atoms with Crippen LogP contribution in [0.15, 0.2) is 34.0 Å². The van der Waals surface area contributed by atoms with E-state index < -0.39 is 10.0 Å². The van der Waals surface area contributed by atoms with Crippen LogP contribution in [0, 0.1) is 6.92 Å². The van der Waals surface area contributed by atoms with Gasteiger partial charge in [-0.2, -0.15) is 4.31 Å². The summed E-state index contributed by atoms with van der Waals surface area (Å²) in [5.74, 6) is -0.0831. The van der Waals surface area contributed by atoms with Crippen LogP contribution in [-0.4, -0.2) is 68.3 Å². The SMILES string of the molecule is CNC(=O)CN1CCN(S(=O)(=O)c2ccc3[nH]c(=O)c(C)cc3c2)CC1. The molecule has 2 aromatic rings. The Morgan fingerprint density at radius 3 is 2.54 bits per heavy atom. The number of hydrogen-bond donors (Lipinski definition) is 2. The van der Waals surface area contributed by atoms with Gasteiger partial charge in [-0.25, -0.2) is 8.42 Å². The molecule has 2 heterocycles. The summed E-state index contributed by atoms with van der Waals surface area (Å²) in [6, 6.07) is 6.41. The molecule has 0 atom stereocenters. The van der Waals surface area contributed by atoms with E-state index in [2.05, 4.69) is 10.3 Å². The van der Waals surface area contributed by atoms with Crippen LogP contribution in [0.2, 0.25) is 0 Å². The van der Waals surface area contributed by atoms with E-state index >= 15 is 0 Å². The number of hydrogen-bond acceptors (Lipinski definition) is 5. The summed E-state index contributed by atoms with van der Waals surface area (Å²) in [4.78, 5) is 28.0. The smallest absolute Gasteiger partial charge is 0.251 e. The van der Waals surface area contributed by atoms with Gasteiger partial charge >= 0.3 is 0 Å². The summed E-state index contributed by atoms with van der Waals surface area (Å²) in [5.41, 5.74) is 0.963. The first-order valence-electron chi connectivity index (χ1n) is 8.38. The molecule has 9 heteroatoms. The largest absolute Gasteiger partial charge is 0.358 e. The normalized spacial score (nSPS) is 16.7. The molecule has 8 nitrogen and oxygen atoms in total. The Hall–Kier alpha value is -2.23. The van der Waals surface area contributed by atoms with E-state index in [0.29, 0.717) is 42.6 Å². The maximum Gasteiger partial charge on any atom is 0.251 e. The summed E-state index contributed by atoms with van der Waals surface area (Å²) >= 11 is 0. The molecular formula is C17H22N4O4S. The molecule has 0 spiro atoms. The second kappa shape index (κ2) is 7.18. The Labute approximate surface area is 151 Å². The number of carbonyl (C=O) groups is 1. The number of nitrogens with one attached hydrogen (secondary N) is 2. The molecule has 1 amide bonds. The van der Waals surface area contributed by atoms with Crippen molar-refractivity contribution in [3.8, 4) is 0 Å². The third kappa shape index (κ3) is 3.64. The Kier molecular flexibility index (Phi) is 5.12. The molecule has 26 heavy (non-hydrogen) atoms. The number of aryl methyl sites for hydroxylation is 1. The second-order valence-electron chi connectivity index (χ2n) is 6.38. The maximum absolute atomic E-state index is 12.9. The molecule has 1 saturated heterocycles. The van der Waals surface area contributed by atoms with Crippen molar-refractivity contribution in [2.45, 2.75) is 11.8 Å². The Balaban J connectivity index is 1.80. The van der Waals surface area contributed by atoms with Crippen molar-refractivity contribution >= 4 is 26.8 Å². The molecule has 3 rings (SSSR count). The number of aromatic nitrogens is 1. The lowest BCUT2D eigenvalue weighted by Gasteiger charge is -2.33. The van der Waals surface area contributed by atoms with Crippen LogP contribution >= 0.6 is 0 Å². The van der Waals surface area contributed by atoms with Crippen LogP contribution in [0.25, 0.3) is 10.9 Å². The first kappa shape index (κ1) is 18.6. The number of piperazine rings is 1. The van der Waals surface area contributed by atoms with Crippen molar-refractivity contribution in [2.75, 3.05) is 39.8 Å². The fraction of sp³-hybridized carbons (Fsp3) is 0.412. The monoisotopic (exact) mass is 378 g/mol. The minimum absolute atomic E-state index is 0.0831. The first-order valence-corrected chi connectivity index (χ1v) is 9.82.